The van der Waals surface area contributed by atoms with Crippen LogP contribution in [0.5, 0.6) is 5.75 Å². The van der Waals surface area contributed by atoms with E-state index < -0.39 is 11.6 Å². The number of amides is 1. The highest BCUT2D eigenvalue weighted by Crippen LogP contribution is 2.26. The van der Waals surface area contributed by atoms with E-state index in [0.717, 1.165) is 30.6 Å². The van der Waals surface area contributed by atoms with Gasteiger partial charge in [0.2, 0.25) is 0 Å². The minimum absolute atomic E-state index is 0.0459. The van der Waals surface area contributed by atoms with Crippen molar-refractivity contribution >= 4 is 12.1 Å². The molecule has 0 heterocycles. The Bertz CT molecular complexity index is 621. The Morgan fingerprint density at radius 1 is 1.28 bits per heavy atom. The average Bonchev–Trinajstić information content (AvgIpc) is 2.49. The van der Waals surface area contributed by atoms with Gasteiger partial charge in [0, 0.05) is 12.5 Å². The van der Waals surface area contributed by atoms with E-state index in [1.807, 2.05) is 39.0 Å². The molecule has 1 aliphatic carbocycles. The lowest BCUT2D eigenvalue weighted by molar-refractivity contribution is -0.137. The number of fused-ring (bicyclic) bond motifs is 1. The van der Waals surface area contributed by atoms with E-state index in [1.165, 1.54) is 5.56 Å². The number of carboxylic acid groups (broad SMARTS) is 1. The lowest BCUT2D eigenvalue weighted by atomic mass is 9.88. The highest BCUT2D eigenvalue weighted by atomic mass is 16.6. The van der Waals surface area contributed by atoms with Crippen molar-refractivity contribution in [2.45, 2.75) is 64.5 Å². The molecule has 1 aromatic rings. The first-order chi connectivity index (χ1) is 11.7. The van der Waals surface area contributed by atoms with Gasteiger partial charge < -0.3 is 19.9 Å². The van der Waals surface area contributed by atoms with Crippen LogP contribution in [0.3, 0.4) is 0 Å². The van der Waals surface area contributed by atoms with Gasteiger partial charge in [-0.1, -0.05) is 6.07 Å². The molecule has 6 nitrogen and oxygen atoms in total. The smallest absolute Gasteiger partial charge is 0.407 e. The van der Waals surface area contributed by atoms with Crippen LogP contribution in [0.15, 0.2) is 18.2 Å². The molecule has 0 radical (unpaired) electrons. The van der Waals surface area contributed by atoms with Crippen LogP contribution in [0, 0.1) is 0 Å². The van der Waals surface area contributed by atoms with Gasteiger partial charge in [-0.05, 0) is 69.7 Å². The van der Waals surface area contributed by atoms with Crippen molar-refractivity contribution in [3.8, 4) is 5.75 Å². The number of aryl methyl sites for hydroxylation is 1. The Kier molecular flexibility index (Phi) is 6.28. The monoisotopic (exact) mass is 349 g/mol. The molecule has 0 fully saturated rings. The summed E-state index contributed by atoms with van der Waals surface area (Å²) < 4.78 is 10.9. The Labute approximate surface area is 148 Å². The molecule has 1 aliphatic rings. The van der Waals surface area contributed by atoms with Crippen molar-refractivity contribution in [3.05, 3.63) is 29.3 Å². The van der Waals surface area contributed by atoms with Crippen LogP contribution >= 0.6 is 0 Å². The number of carbonyl (C=O) groups excluding carboxylic acids is 1. The van der Waals surface area contributed by atoms with E-state index in [0.29, 0.717) is 13.0 Å². The summed E-state index contributed by atoms with van der Waals surface area (Å²) in [7, 11) is 0. The Morgan fingerprint density at radius 3 is 2.72 bits per heavy atom. The largest absolute Gasteiger partial charge is 0.494 e. The van der Waals surface area contributed by atoms with Crippen LogP contribution < -0.4 is 10.1 Å². The van der Waals surface area contributed by atoms with E-state index in [9.17, 15) is 9.59 Å². The van der Waals surface area contributed by atoms with E-state index in [1.54, 1.807) is 0 Å². The average molecular weight is 349 g/mol. The number of nitrogens with one attached hydrogen (secondary N) is 1. The number of carboxylic acids is 1. The molecule has 2 rings (SSSR count). The summed E-state index contributed by atoms with van der Waals surface area (Å²) in [4.78, 5) is 22.4. The highest BCUT2D eigenvalue weighted by Gasteiger charge is 2.23. The second kappa shape index (κ2) is 8.23. The number of aliphatic carboxylic acids is 1. The molecule has 0 bridgehead atoms. The quantitative estimate of drug-likeness (QED) is 0.770. The zero-order valence-electron chi connectivity index (χ0n) is 15.1. The van der Waals surface area contributed by atoms with E-state index in [2.05, 4.69) is 5.32 Å². The normalized spacial score (nSPS) is 16.7. The Morgan fingerprint density at radius 2 is 2.04 bits per heavy atom. The first-order valence-electron chi connectivity index (χ1n) is 8.69. The maximum Gasteiger partial charge on any atom is 0.407 e. The van der Waals surface area contributed by atoms with Crippen molar-refractivity contribution in [2.24, 2.45) is 0 Å². The third-order valence-corrected chi connectivity index (χ3v) is 3.93. The van der Waals surface area contributed by atoms with Crippen LogP contribution in [-0.2, 0) is 22.4 Å². The Hall–Kier alpha value is -2.24. The summed E-state index contributed by atoms with van der Waals surface area (Å²) in [5, 5.41) is 11.6. The number of benzene rings is 1. The molecule has 0 saturated heterocycles. The van der Waals surface area contributed by atoms with Gasteiger partial charge in [-0.3, -0.25) is 4.79 Å². The molecule has 0 aliphatic heterocycles. The molecule has 1 aromatic carbocycles. The summed E-state index contributed by atoms with van der Waals surface area (Å²) in [5.41, 5.74) is 1.91. The fourth-order valence-electron chi connectivity index (χ4n) is 2.83. The summed E-state index contributed by atoms with van der Waals surface area (Å²) in [6.45, 7) is 5.91. The molecular formula is C19H27NO5. The zero-order chi connectivity index (χ0) is 18.4. The van der Waals surface area contributed by atoms with Gasteiger partial charge in [-0.25, -0.2) is 4.79 Å². The number of hydrogen-bond acceptors (Lipinski definition) is 4. The van der Waals surface area contributed by atoms with E-state index >= 15 is 0 Å². The van der Waals surface area contributed by atoms with Crippen molar-refractivity contribution in [3.63, 3.8) is 0 Å². The van der Waals surface area contributed by atoms with Crippen LogP contribution in [0.2, 0.25) is 0 Å². The van der Waals surface area contributed by atoms with Gasteiger partial charge in [0.05, 0.1) is 6.61 Å². The maximum atomic E-state index is 11.9. The summed E-state index contributed by atoms with van der Waals surface area (Å²) in [5.74, 6) is -0.0767. The number of hydrogen-bond donors (Lipinski definition) is 2. The molecule has 6 heteroatoms. The van der Waals surface area contributed by atoms with Crippen molar-refractivity contribution in [1.82, 2.24) is 5.32 Å². The maximum absolute atomic E-state index is 11.9. The lowest BCUT2D eigenvalue weighted by Gasteiger charge is -2.27. The molecule has 0 unspecified atom stereocenters. The first-order valence-corrected chi connectivity index (χ1v) is 8.69. The zero-order valence-corrected chi connectivity index (χ0v) is 15.1. The third kappa shape index (κ3) is 6.64. The van der Waals surface area contributed by atoms with Gasteiger partial charge in [-0.15, -0.1) is 0 Å². The van der Waals surface area contributed by atoms with Crippen molar-refractivity contribution < 1.29 is 24.2 Å². The predicted octanol–water partition coefficient (Wildman–Crippen LogP) is 3.31. The molecule has 138 valence electrons. The number of carbonyl (C=O) groups is 2. The lowest BCUT2D eigenvalue weighted by Crippen LogP contribution is -2.41. The topological polar surface area (TPSA) is 84.9 Å². The fourth-order valence-corrected chi connectivity index (χ4v) is 2.83. The standard InChI is InChI=1S/C19H27NO5/c1-19(2,3)25-18(23)20-15-8-6-13-7-9-16(12-14(13)11-15)24-10-4-5-17(21)22/h7,9,12,15H,4-6,8,10-11H2,1-3H3,(H,20,23)(H,21,22)/t15-/m0/s1. The van der Waals surface area contributed by atoms with Gasteiger partial charge >= 0.3 is 12.1 Å². The van der Waals surface area contributed by atoms with Gasteiger partial charge in [-0.2, -0.15) is 0 Å². The van der Waals surface area contributed by atoms with Gasteiger partial charge in [0.25, 0.3) is 0 Å². The second-order valence-electron chi connectivity index (χ2n) is 7.36. The molecular weight excluding hydrogens is 322 g/mol. The molecule has 1 amide bonds. The number of ether oxygens (including phenoxy) is 2. The highest BCUT2D eigenvalue weighted by molar-refractivity contribution is 5.68. The fraction of sp³-hybridized carbons (Fsp3) is 0.579. The molecule has 0 spiro atoms. The molecule has 0 aromatic heterocycles. The molecule has 2 N–H and O–H groups in total. The first kappa shape index (κ1) is 19.1. The second-order valence-corrected chi connectivity index (χ2v) is 7.36. The molecule has 1 atom stereocenters. The van der Waals surface area contributed by atoms with Crippen LogP contribution in [0.25, 0.3) is 0 Å². The van der Waals surface area contributed by atoms with Crippen molar-refractivity contribution in [1.29, 1.82) is 0 Å². The van der Waals surface area contributed by atoms with Crippen molar-refractivity contribution in [2.75, 3.05) is 6.61 Å². The summed E-state index contributed by atoms with van der Waals surface area (Å²) in [6, 6.07) is 6.00. The van der Waals surface area contributed by atoms with Crippen LogP contribution in [0.1, 0.15) is 51.2 Å². The predicted molar refractivity (Wildman–Crippen MR) is 94.0 cm³/mol. The molecule has 0 saturated carbocycles. The van der Waals surface area contributed by atoms with Crippen LogP contribution in [-0.4, -0.2) is 35.4 Å². The minimum Gasteiger partial charge on any atom is -0.494 e. The van der Waals surface area contributed by atoms with Gasteiger partial charge in [0.15, 0.2) is 0 Å². The third-order valence-electron chi connectivity index (χ3n) is 3.93. The SMILES string of the molecule is CC(C)(C)OC(=O)N[C@H]1CCc2ccc(OCCCC(=O)O)cc2C1. The van der Waals surface area contributed by atoms with E-state index in [-0.39, 0.29) is 18.6 Å². The summed E-state index contributed by atoms with van der Waals surface area (Å²) in [6.07, 6.45) is 2.71. The minimum atomic E-state index is -0.815. The van der Waals surface area contributed by atoms with E-state index in [4.69, 9.17) is 14.6 Å². The van der Waals surface area contributed by atoms with Crippen LogP contribution in [0.4, 0.5) is 4.79 Å². The van der Waals surface area contributed by atoms with Gasteiger partial charge in [0.1, 0.15) is 11.4 Å². The molecule has 25 heavy (non-hydrogen) atoms. The summed E-state index contributed by atoms with van der Waals surface area (Å²) >= 11 is 0. The Balaban J connectivity index is 1.89. The number of alkyl carbamates (subject to hydrolysis) is 1. The number of rotatable bonds is 6.